The highest BCUT2D eigenvalue weighted by Crippen LogP contribution is 2.28. The Morgan fingerprint density at radius 2 is 1.43 bits per heavy atom. The van der Waals surface area contributed by atoms with Crippen LogP contribution in [0.1, 0.15) is 16.4 Å². The summed E-state index contributed by atoms with van der Waals surface area (Å²) >= 11 is 0. The lowest BCUT2D eigenvalue weighted by Crippen LogP contribution is -2.38. The average molecular weight is 329 g/mol. The standard InChI is InChI=1S/C19H23NO2S/c21-23(16-13-20-11-14-22-15-12-20)19(17-7-3-1-4-8-17)18-9-5-2-6-10-18/h1-10,19H,11-16H2. The molecule has 1 aliphatic heterocycles. The molecule has 0 radical (unpaired) electrons. The van der Waals surface area contributed by atoms with Crippen molar-refractivity contribution in [2.24, 2.45) is 0 Å². The Morgan fingerprint density at radius 3 is 1.96 bits per heavy atom. The molecule has 0 aliphatic carbocycles. The lowest BCUT2D eigenvalue weighted by molar-refractivity contribution is 0.0409. The Balaban J connectivity index is 1.74. The smallest absolute Gasteiger partial charge is 0.0847 e. The van der Waals surface area contributed by atoms with Crippen molar-refractivity contribution in [3.05, 3.63) is 71.8 Å². The summed E-state index contributed by atoms with van der Waals surface area (Å²) in [5, 5.41) is -0.0570. The van der Waals surface area contributed by atoms with Crippen LogP contribution in [0.2, 0.25) is 0 Å². The molecule has 0 bridgehead atoms. The summed E-state index contributed by atoms with van der Waals surface area (Å²) in [6, 6.07) is 20.4. The van der Waals surface area contributed by atoms with Crippen LogP contribution in [0.5, 0.6) is 0 Å². The van der Waals surface area contributed by atoms with E-state index in [1.165, 1.54) is 0 Å². The molecule has 0 N–H and O–H groups in total. The first-order valence-corrected chi connectivity index (χ1v) is 9.50. The van der Waals surface area contributed by atoms with Crippen LogP contribution in [0.15, 0.2) is 60.7 Å². The number of morpholine rings is 1. The maximum absolute atomic E-state index is 13.0. The van der Waals surface area contributed by atoms with Crippen molar-refractivity contribution >= 4 is 10.8 Å². The van der Waals surface area contributed by atoms with Gasteiger partial charge < -0.3 is 4.74 Å². The van der Waals surface area contributed by atoms with Gasteiger partial charge in [0.15, 0.2) is 0 Å². The van der Waals surface area contributed by atoms with E-state index in [1.54, 1.807) is 0 Å². The van der Waals surface area contributed by atoms with E-state index in [9.17, 15) is 4.21 Å². The van der Waals surface area contributed by atoms with Crippen molar-refractivity contribution in [2.75, 3.05) is 38.6 Å². The minimum Gasteiger partial charge on any atom is -0.379 e. The second-order valence-corrected chi connectivity index (χ2v) is 7.38. The average Bonchev–Trinajstić information content (AvgIpc) is 2.63. The molecule has 2 aromatic carbocycles. The topological polar surface area (TPSA) is 29.5 Å². The number of benzene rings is 2. The van der Waals surface area contributed by atoms with Crippen molar-refractivity contribution in [2.45, 2.75) is 5.25 Å². The van der Waals surface area contributed by atoms with E-state index in [-0.39, 0.29) is 5.25 Å². The molecule has 3 rings (SSSR count). The van der Waals surface area contributed by atoms with Crippen LogP contribution in [0.25, 0.3) is 0 Å². The fourth-order valence-corrected chi connectivity index (χ4v) is 4.51. The highest BCUT2D eigenvalue weighted by Gasteiger charge is 2.22. The number of hydrogen-bond acceptors (Lipinski definition) is 3. The molecule has 2 aromatic rings. The van der Waals surface area contributed by atoms with Gasteiger partial charge in [0, 0.05) is 36.2 Å². The van der Waals surface area contributed by atoms with Gasteiger partial charge in [-0.15, -0.1) is 0 Å². The third kappa shape index (κ3) is 4.50. The van der Waals surface area contributed by atoms with Crippen LogP contribution in [-0.2, 0) is 15.5 Å². The van der Waals surface area contributed by atoms with E-state index < -0.39 is 10.8 Å². The zero-order valence-electron chi connectivity index (χ0n) is 13.3. The van der Waals surface area contributed by atoms with Gasteiger partial charge in [-0.1, -0.05) is 60.7 Å². The minimum atomic E-state index is -0.944. The normalized spacial score (nSPS) is 17.3. The highest BCUT2D eigenvalue weighted by molar-refractivity contribution is 7.85. The zero-order chi connectivity index (χ0) is 15.9. The van der Waals surface area contributed by atoms with Gasteiger partial charge >= 0.3 is 0 Å². The van der Waals surface area contributed by atoms with Gasteiger partial charge in [0.05, 0.1) is 18.5 Å². The Labute approximate surface area is 140 Å². The monoisotopic (exact) mass is 329 g/mol. The molecule has 1 aliphatic rings. The first kappa shape index (κ1) is 16.4. The molecule has 0 spiro atoms. The summed E-state index contributed by atoms with van der Waals surface area (Å²) in [5.74, 6) is 0.689. The summed E-state index contributed by atoms with van der Waals surface area (Å²) in [5.41, 5.74) is 2.25. The molecule has 23 heavy (non-hydrogen) atoms. The van der Waals surface area contributed by atoms with Crippen LogP contribution in [0.4, 0.5) is 0 Å². The number of ether oxygens (including phenoxy) is 1. The molecule has 3 nitrogen and oxygen atoms in total. The van der Waals surface area contributed by atoms with Crippen molar-refractivity contribution < 1.29 is 8.95 Å². The molecule has 1 unspecified atom stereocenters. The van der Waals surface area contributed by atoms with Crippen LogP contribution in [-0.4, -0.2) is 47.7 Å². The Morgan fingerprint density at radius 1 is 0.913 bits per heavy atom. The summed E-state index contributed by atoms with van der Waals surface area (Å²) in [4.78, 5) is 2.34. The van der Waals surface area contributed by atoms with E-state index in [1.807, 2.05) is 36.4 Å². The summed E-state index contributed by atoms with van der Waals surface area (Å²) in [6.07, 6.45) is 0. The van der Waals surface area contributed by atoms with Crippen LogP contribution < -0.4 is 0 Å². The molecule has 0 aromatic heterocycles. The van der Waals surface area contributed by atoms with Gasteiger partial charge in [0.25, 0.3) is 0 Å². The third-order valence-corrected chi connectivity index (χ3v) is 5.83. The van der Waals surface area contributed by atoms with Crippen LogP contribution in [0, 0.1) is 0 Å². The van der Waals surface area contributed by atoms with Crippen molar-refractivity contribution in [1.82, 2.24) is 4.90 Å². The van der Waals surface area contributed by atoms with Crippen LogP contribution >= 0.6 is 0 Å². The van der Waals surface area contributed by atoms with Gasteiger partial charge in [0.2, 0.25) is 0 Å². The lowest BCUT2D eigenvalue weighted by atomic mass is 10.0. The fourth-order valence-electron chi connectivity index (χ4n) is 2.91. The van der Waals surface area contributed by atoms with Gasteiger partial charge in [-0.05, 0) is 11.1 Å². The maximum atomic E-state index is 13.0. The minimum absolute atomic E-state index is 0.0570. The Kier molecular flexibility index (Phi) is 5.97. The summed E-state index contributed by atoms with van der Waals surface area (Å²) in [6.45, 7) is 4.32. The quantitative estimate of drug-likeness (QED) is 0.816. The fraction of sp³-hybridized carbons (Fsp3) is 0.368. The van der Waals surface area contributed by atoms with E-state index in [0.29, 0.717) is 5.75 Å². The molecule has 122 valence electrons. The molecule has 1 atom stereocenters. The number of nitrogens with zero attached hydrogens (tertiary/aromatic N) is 1. The second-order valence-electron chi connectivity index (χ2n) is 5.74. The first-order chi connectivity index (χ1) is 11.3. The molecule has 1 fully saturated rings. The Bertz CT molecular complexity index is 572. The molecule has 0 saturated carbocycles. The van der Waals surface area contributed by atoms with Gasteiger partial charge in [-0.2, -0.15) is 0 Å². The molecule has 1 saturated heterocycles. The lowest BCUT2D eigenvalue weighted by Gasteiger charge is -2.27. The SMILES string of the molecule is O=S(CCN1CCOCC1)C(c1ccccc1)c1ccccc1. The van der Waals surface area contributed by atoms with Crippen molar-refractivity contribution in [3.8, 4) is 0 Å². The third-order valence-electron chi connectivity index (χ3n) is 4.18. The summed E-state index contributed by atoms with van der Waals surface area (Å²) in [7, 11) is -0.944. The molecule has 1 heterocycles. The highest BCUT2D eigenvalue weighted by atomic mass is 32.2. The van der Waals surface area contributed by atoms with Crippen LogP contribution in [0.3, 0.4) is 0 Å². The predicted octanol–water partition coefficient (Wildman–Crippen LogP) is 2.86. The largest absolute Gasteiger partial charge is 0.379 e. The van der Waals surface area contributed by atoms with Gasteiger partial charge in [-0.25, -0.2) is 0 Å². The van der Waals surface area contributed by atoms with Gasteiger partial charge in [0.1, 0.15) is 0 Å². The molecular weight excluding hydrogens is 306 g/mol. The maximum Gasteiger partial charge on any atom is 0.0847 e. The van der Waals surface area contributed by atoms with Gasteiger partial charge in [-0.3, -0.25) is 9.11 Å². The van der Waals surface area contributed by atoms with E-state index in [2.05, 4.69) is 29.2 Å². The Hall–Kier alpha value is -1.49. The molecule has 0 amide bonds. The second kappa shape index (κ2) is 8.39. The zero-order valence-corrected chi connectivity index (χ0v) is 14.1. The number of hydrogen-bond donors (Lipinski definition) is 0. The van der Waals surface area contributed by atoms with Crippen molar-refractivity contribution in [3.63, 3.8) is 0 Å². The number of rotatable bonds is 6. The van der Waals surface area contributed by atoms with Crippen molar-refractivity contribution in [1.29, 1.82) is 0 Å². The van der Waals surface area contributed by atoms with E-state index in [4.69, 9.17) is 4.74 Å². The predicted molar refractivity (Wildman–Crippen MR) is 95.0 cm³/mol. The summed E-state index contributed by atoms with van der Waals surface area (Å²) < 4.78 is 18.4. The van der Waals surface area contributed by atoms with E-state index >= 15 is 0 Å². The first-order valence-electron chi connectivity index (χ1n) is 8.12. The van der Waals surface area contributed by atoms with E-state index in [0.717, 1.165) is 44.0 Å². The molecular formula is C19H23NO2S. The molecule has 4 heteroatoms.